The first-order valence-electron chi connectivity index (χ1n) is 6.68. The maximum atomic E-state index is 12.4. The van der Waals surface area contributed by atoms with Gasteiger partial charge >= 0.3 is 6.03 Å². The number of nitrogens with zero attached hydrogens (tertiary/aromatic N) is 1. The number of carbonyl (C=O) groups is 1. The molecule has 3 N–H and O–H groups in total. The molecule has 1 saturated carbocycles. The van der Waals surface area contributed by atoms with E-state index in [1.165, 1.54) is 4.88 Å². The van der Waals surface area contributed by atoms with Crippen molar-refractivity contribution >= 4 is 28.7 Å². The molecule has 1 aromatic heterocycles. The number of hydrogen-bond donors (Lipinski definition) is 2. The quantitative estimate of drug-likeness (QED) is 0.845. The van der Waals surface area contributed by atoms with Crippen molar-refractivity contribution in [1.29, 1.82) is 0 Å². The van der Waals surface area contributed by atoms with Crippen LogP contribution in [0.1, 0.15) is 17.7 Å². The van der Waals surface area contributed by atoms with E-state index in [2.05, 4.69) is 11.4 Å². The fourth-order valence-electron chi connectivity index (χ4n) is 2.14. The summed E-state index contributed by atoms with van der Waals surface area (Å²) < 4.78 is 0. The van der Waals surface area contributed by atoms with Gasteiger partial charge in [0.15, 0.2) is 0 Å². The van der Waals surface area contributed by atoms with Crippen molar-refractivity contribution in [2.75, 3.05) is 11.1 Å². The molecule has 0 aliphatic heterocycles. The molecule has 1 aliphatic carbocycles. The van der Waals surface area contributed by atoms with Crippen LogP contribution in [0.25, 0.3) is 0 Å². The SMILES string of the molecule is Nc1cccc(NC(=O)N(Cc2cccs2)C2CC2)c1. The van der Waals surface area contributed by atoms with Crippen LogP contribution in [0.5, 0.6) is 0 Å². The molecule has 5 heteroatoms. The number of nitrogens with two attached hydrogens (primary N) is 1. The first-order valence-corrected chi connectivity index (χ1v) is 7.56. The molecule has 104 valence electrons. The molecule has 1 aliphatic rings. The molecule has 2 amide bonds. The van der Waals surface area contributed by atoms with Crippen LogP contribution in [0, 0.1) is 0 Å². The maximum absolute atomic E-state index is 12.4. The molecule has 0 spiro atoms. The zero-order valence-corrected chi connectivity index (χ0v) is 11.9. The Balaban J connectivity index is 1.69. The summed E-state index contributed by atoms with van der Waals surface area (Å²) in [4.78, 5) is 15.5. The third-order valence-electron chi connectivity index (χ3n) is 3.29. The molecular weight excluding hydrogens is 270 g/mol. The minimum Gasteiger partial charge on any atom is -0.399 e. The minimum atomic E-state index is -0.0495. The number of anilines is 2. The van der Waals surface area contributed by atoms with Gasteiger partial charge in [0.1, 0.15) is 0 Å². The molecule has 1 aromatic carbocycles. The summed E-state index contributed by atoms with van der Waals surface area (Å²) >= 11 is 1.68. The largest absolute Gasteiger partial charge is 0.399 e. The second kappa shape index (κ2) is 5.54. The zero-order valence-electron chi connectivity index (χ0n) is 11.1. The van der Waals surface area contributed by atoms with Gasteiger partial charge in [-0.25, -0.2) is 4.79 Å². The number of thiophene rings is 1. The summed E-state index contributed by atoms with van der Waals surface area (Å²) in [6, 6.07) is 11.7. The normalized spacial score (nSPS) is 14.0. The fourth-order valence-corrected chi connectivity index (χ4v) is 2.84. The van der Waals surface area contributed by atoms with Crippen molar-refractivity contribution in [3.63, 3.8) is 0 Å². The molecule has 1 heterocycles. The summed E-state index contributed by atoms with van der Waals surface area (Å²) in [7, 11) is 0. The summed E-state index contributed by atoms with van der Waals surface area (Å²) in [6.45, 7) is 0.677. The molecule has 3 rings (SSSR count). The highest BCUT2D eigenvalue weighted by molar-refractivity contribution is 7.09. The van der Waals surface area contributed by atoms with Crippen molar-refractivity contribution in [1.82, 2.24) is 4.90 Å². The molecule has 4 nitrogen and oxygen atoms in total. The Morgan fingerprint density at radius 3 is 2.85 bits per heavy atom. The number of nitrogens with one attached hydrogen (secondary N) is 1. The molecule has 0 atom stereocenters. The lowest BCUT2D eigenvalue weighted by molar-refractivity contribution is 0.206. The Hall–Kier alpha value is -2.01. The first-order chi connectivity index (χ1) is 9.72. The van der Waals surface area contributed by atoms with E-state index in [9.17, 15) is 4.79 Å². The summed E-state index contributed by atoms with van der Waals surface area (Å²) in [5.41, 5.74) is 7.12. The van der Waals surface area contributed by atoms with Crippen molar-refractivity contribution in [2.45, 2.75) is 25.4 Å². The van der Waals surface area contributed by atoms with Gasteiger partial charge in [-0.2, -0.15) is 0 Å². The van der Waals surface area contributed by atoms with E-state index in [4.69, 9.17) is 5.73 Å². The lowest BCUT2D eigenvalue weighted by Gasteiger charge is -2.22. The lowest BCUT2D eigenvalue weighted by Crippen LogP contribution is -2.36. The standard InChI is InChI=1S/C15H17N3OS/c16-11-3-1-4-12(9-11)17-15(19)18(13-6-7-13)10-14-5-2-8-20-14/h1-5,8-9,13H,6-7,10,16H2,(H,17,19). The highest BCUT2D eigenvalue weighted by atomic mass is 32.1. The molecule has 0 bridgehead atoms. The topological polar surface area (TPSA) is 58.4 Å². The van der Waals surface area contributed by atoms with Crippen molar-refractivity contribution in [3.8, 4) is 0 Å². The smallest absolute Gasteiger partial charge is 0.322 e. The van der Waals surface area contributed by atoms with Crippen LogP contribution in [0.15, 0.2) is 41.8 Å². The third-order valence-corrected chi connectivity index (χ3v) is 4.15. The van der Waals surface area contributed by atoms with Gasteiger partial charge in [-0.3, -0.25) is 0 Å². The van der Waals surface area contributed by atoms with Gasteiger partial charge in [0.25, 0.3) is 0 Å². The number of hydrogen-bond acceptors (Lipinski definition) is 3. The van der Waals surface area contributed by atoms with E-state index in [0.717, 1.165) is 18.5 Å². The van der Waals surface area contributed by atoms with Crippen LogP contribution in [-0.4, -0.2) is 17.0 Å². The Morgan fingerprint density at radius 2 is 2.20 bits per heavy atom. The molecule has 0 radical (unpaired) electrons. The second-order valence-corrected chi connectivity index (χ2v) is 6.03. The van der Waals surface area contributed by atoms with E-state index < -0.39 is 0 Å². The van der Waals surface area contributed by atoms with E-state index in [1.807, 2.05) is 28.5 Å². The van der Waals surface area contributed by atoms with Crippen molar-refractivity contribution in [3.05, 3.63) is 46.7 Å². The lowest BCUT2D eigenvalue weighted by atomic mass is 10.3. The summed E-state index contributed by atoms with van der Waals surface area (Å²) in [6.07, 6.45) is 2.19. The third kappa shape index (κ3) is 3.11. The Bertz CT molecular complexity index is 593. The van der Waals surface area contributed by atoms with Crippen LogP contribution in [0.3, 0.4) is 0 Å². The van der Waals surface area contributed by atoms with Crippen LogP contribution < -0.4 is 11.1 Å². The number of benzene rings is 1. The van der Waals surface area contributed by atoms with Crippen LogP contribution in [0.4, 0.5) is 16.2 Å². The van der Waals surface area contributed by atoms with E-state index >= 15 is 0 Å². The second-order valence-electron chi connectivity index (χ2n) is 4.99. The van der Waals surface area contributed by atoms with Crippen molar-refractivity contribution < 1.29 is 4.79 Å². The minimum absolute atomic E-state index is 0.0495. The Morgan fingerprint density at radius 1 is 1.35 bits per heavy atom. The molecule has 2 aromatic rings. The van der Waals surface area contributed by atoms with Crippen LogP contribution in [-0.2, 0) is 6.54 Å². The van der Waals surface area contributed by atoms with Gasteiger partial charge in [0.05, 0.1) is 6.54 Å². The van der Waals surface area contributed by atoms with Gasteiger partial charge in [0, 0.05) is 22.3 Å². The van der Waals surface area contributed by atoms with Gasteiger partial charge in [-0.1, -0.05) is 12.1 Å². The van der Waals surface area contributed by atoms with Gasteiger partial charge in [-0.15, -0.1) is 11.3 Å². The zero-order chi connectivity index (χ0) is 13.9. The average molecular weight is 287 g/mol. The van der Waals surface area contributed by atoms with Gasteiger partial charge in [0.2, 0.25) is 0 Å². The molecule has 0 saturated heterocycles. The van der Waals surface area contributed by atoms with Gasteiger partial charge in [-0.05, 0) is 42.5 Å². The van der Waals surface area contributed by atoms with E-state index in [-0.39, 0.29) is 6.03 Å². The number of carbonyl (C=O) groups excluding carboxylic acids is 1. The van der Waals surface area contributed by atoms with Crippen LogP contribution in [0.2, 0.25) is 0 Å². The Labute approximate surface area is 122 Å². The number of rotatable bonds is 4. The fraction of sp³-hybridized carbons (Fsp3) is 0.267. The average Bonchev–Trinajstić information content (AvgIpc) is 3.12. The van der Waals surface area contributed by atoms with Crippen molar-refractivity contribution in [2.24, 2.45) is 0 Å². The highest BCUT2D eigenvalue weighted by Gasteiger charge is 2.32. The predicted molar refractivity (Wildman–Crippen MR) is 82.8 cm³/mol. The molecule has 20 heavy (non-hydrogen) atoms. The maximum Gasteiger partial charge on any atom is 0.322 e. The summed E-state index contributed by atoms with van der Waals surface area (Å²) in [5, 5.41) is 4.97. The van der Waals surface area contributed by atoms with E-state index in [0.29, 0.717) is 18.3 Å². The highest BCUT2D eigenvalue weighted by Crippen LogP contribution is 2.30. The Kier molecular flexibility index (Phi) is 3.60. The number of urea groups is 1. The van der Waals surface area contributed by atoms with Gasteiger partial charge < -0.3 is 16.0 Å². The summed E-state index contributed by atoms with van der Waals surface area (Å²) in [5.74, 6) is 0. The molecule has 1 fully saturated rings. The predicted octanol–water partition coefficient (Wildman–Crippen LogP) is 3.53. The van der Waals surface area contributed by atoms with E-state index in [1.54, 1.807) is 23.5 Å². The number of nitrogen functional groups attached to an aromatic ring is 1. The van der Waals surface area contributed by atoms with Crippen LogP contribution >= 0.6 is 11.3 Å². The molecular formula is C15H17N3OS. The molecule has 0 unspecified atom stereocenters. The number of amides is 2. The monoisotopic (exact) mass is 287 g/mol. The first kappa shape index (κ1) is 13.0.